The van der Waals surface area contributed by atoms with E-state index in [1.165, 1.54) is 5.56 Å². The van der Waals surface area contributed by atoms with Crippen LogP contribution in [0.25, 0.3) is 10.9 Å². The summed E-state index contributed by atoms with van der Waals surface area (Å²) in [6.07, 6.45) is 1.63. The molecular weight excluding hydrogens is 318 g/mol. The molecule has 0 aliphatic carbocycles. The summed E-state index contributed by atoms with van der Waals surface area (Å²) in [6, 6.07) is 13.2. The second-order valence-corrected chi connectivity index (χ2v) is 5.41. The highest BCUT2D eigenvalue weighted by atomic mass is 79.9. The predicted octanol–water partition coefficient (Wildman–Crippen LogP) is 4.39. The number of nitrogens with one attached hydrogen (secondary N) is 1. The topological polar surface area (TPSA) is 42.1 Å². The lowest BCUT2D eigenvalue weighted by molar-refractivity contribution is 0.487. The summed E-state index contributed by atoms with van der Waals surface area (Å²) in [4.78, 5) is 15.1. The first-order valence-electron chi connectivity index (χ1n) is 6.19. The molecular formula is C16H12BrNO2. The molecule has 1 heterocycles. The summed E-state index contributed by atoms with van der Waals surface area (Å²) in [5.74, 6) is 1.38. The molecule has 0 radical (unpaired) electrons. The molecule has 0 saturated heterocycles. The monoisotopic (exact) mass is 329 g/mol. The number of aromatic amines is 1. The van der Waals surface area contributed by atoms with E-state index >= 15 is 0 Å². The van der Waals surface area contributed by atoms with Crippen LogP contribution < -0.4 is 10.2 Å². The highest BCUT2D eigenvalue weighted by Gasteiger charge is 2.08. The number of benzene rings is 2. The van der Waals surface area contributed by atoms with Crippen LogP contribution in [-0.4, -0.2) is 4.98 Å². The molecule has 100 valence electrons. The van der Waals surface area contributed by atoms with Crippen molar-refractivity contribution in [2.45, 2.75) is 6.92 Å². The van der Waals surface area contributed by atoms with Crippen molar-refractivity contribution < 1.29 is 4.74 Å². The van der Waals surface area contributed by atoms with E-state index in [-0.39, 0.29) is 5.43 Å². The fraction of sp³-hybridized carbons (Fsp3) is 0.0625. The molecule has 0 bridgehead atoms. The maximum absolute atomic E-state index is 12.1. The molecule has 3 aromatic rings. The Bertz CT molecular complexity index is 822. The lowest BCUT2D eigenvalue weighted by atomic mass is 10.2. The van der Waals surface area contributed by atoms with Crippen molar-refractivity contribution >= 4 is 26.8 Å². The van der Waals surface area contributed by atoms with Crippen LogP contribution in [0.4, 0.5) is 0 Å². The van der Waals surface area contributed by atoms with Crippen LogP contribution in [0, 0.1) is 6.92 Å². The maximum Gasteiger partial charge on any atom is 0.203 e. The molecule has 0 fully saturated rings. The number of aromatic nitrogens is 1. The Kier molecular flexibility index (Phi) is 3.32. The van der Waals surface area contributed by atoms with Gasteiger partial charge in [-0.1, -0.05) is 23.8 Å². The van der Waals surface area contributed by atoms with Crippen LogP contribution in [0.3, 0.4) is 0 Å². The third kappa shape index (κ3) is 2.34. The zero-order valence-electron chi connectivity index (χ0n) is 10.8. The van der Waals surface area contributed by atoms with Crippen LogP contribution in [0.15, 0.2) is 57.9 Å². The lowest BCUT2D eigenvalue weighted by Crippen LogP contribution is -2.03. The number of ether oxygens (including phenoxy) is 1. The molecule has 20 heavy (non-hydrogen) atoms. The van der Waals surface area contributed by atoms with Gasteiger partial charge < -0.3 is 9.72 Å². The molecule has 0 aliphatic rings. The quantitative estimate of drug-likeness (QED) is 0.757. The van der Waals surface area contributed by atoms with Gasteiger partial charge in [0.15, 0.2) is 5.75 Å². The number of hydrogen-bond acceptors (Lipinski definition) is 2. The molecule has 2 aromatic carbocycles. The maximum atomic E-state index is 12.1. The van der Waals surface area contributed by atoms with Gasteiger partial charge >= 0.3 is 0 Å². The van der Waals surface area contributed by atoms with Gasteiger partial charge in [-0.15, -0.1) is 0 Å². The summed E-state index contributed by atoms with van der Waals surface area (Å²) in [6.45, 7) is 2.02. The van der Waals surface area contributed by atoms with E-state index in [2.05, 4.69) is 20.9 Å². The van der Waals surface area contributed by atoms with Gasteiger partial charge in [-0.2, -0.15) is 0 Å². The van der Waals surface area contributed by atoms with E-state index in [0.717, 1.165) is 5.75 Å². The molecule has 3 nitrogen and oxygen atoms in total. The number of para-hydroxylation sites is 1. The highest BCUT2D eigenvalue weighted by molar-refractivity contribution is 9.10. The fourth-order valence-electron chi connectivity index (χ4n) is 2.02. The van der Waals surface area contributed by atoms with E-state index in [1.54, 1.807) is 12.3 Å². The van der Waals surface area contributed by atoms with Gasteiger partial charge in [0.1, 0.15) is 5.75 Å². The zero-order valence-corrected chi connectivity index (χ0v) is 12.4. The second kappa shape index (κ2) is 5.13. The Labute approximate surface area is 124 Å². The zero-order chi connectivity index (χ0) is 14.1. The number of fused-ring (bicyclic) bond motifs is 1. The van der Waals surface area contributed by atoms with Crippen molar-refractivity contribution in [3.8, 4) is 11.5 Å². The molecule has 1 N–H and O–H groups in total. The third-order valence-electron chi connectivity index (χ3n) is 3.08. The van der Waals surface area contributed by atoms with Crippen molar-refractivity contribution in [2.75, 3.05) is 0 Å². The van der Waals surface area contributed by atoms with Gasteiger partial charge in [0.2, 0.25) is 5.43 Å². The molecule has 0 spiro atoms. The first-order valence-corrected chi connectivity index (χ1v) is 6.99. The van der Waals surface area contributed by atoms with Crippen LogP contribution in [0.2, 0.25) is 0 Å². The van der Waals surface area contributed by atoms with Gasteiger partial charge in [0, 0.05) is 6.20 Å². The number of hydrogen-bond donors (Lipinski definition) is 1. The fourth-order valence-corrected chi connectivity index (χ4v) is 2.35. The van der Waals surface area contributed by atoms with E-state index in [1.807, 2.05) is 43.3 Å². The largest absolute Gasteiger partial charge is 0.455 e. The number of halogens is 1. The van der Waals surface area contributed by atoms with Gasteiger partial charge in [0.05, 0.1) is 15.4 Å². The van der Waals surface area contributed by atoms with Gasteiger partial charge in [0.25, 0.3) is 0 Å². The predicted molar refractivity (Wildman–Crippen MR) is 83.5 cm³/mol. The summed E-state index contributed by atoms with van der Waals surface area (Å²) < 4.78 is 6.37. The second-order valence-electron chi connectivity index (χ2n) is 4.56. The summed E-state index contributed by atoms with van der Waals surface area (Å²) in [5.41, 5.74) is 1.82. The molecule has 3 rings (SSSR count). The third-order valence-corrected chi connectivity index (χ3v) is 3.67. The molecule has 0 unspecified atom stereocenters. The molecule has 4 heteroatoms. The van der Waals surface area contributed by atoms with Crippen molar-refractivity contribution in [1.82, 2.24) is 4.98 Å². The number of rotatable bonds is 2. The highest BCUT2D eigenvalue weighted by Crippen LogP contribution is 2.27. The molecule has 0 atom stereocenters. The van der Waals surface area contributed by atoms with Gasteiger partial charge in [-0.3, -0.25) is 4.79 Å². The summed E-state index contributed by atoms with van der Waals surface area (Å²) in [7, 11) is 0. The Morgan fingerprint density at radius 3 is 2.60 bits per heavy atom. The Balaban J connectivity index is 2.10. The van der Waals surface area contributed by atoms with E-state index < -0.39 is 0 Å². The van der Waals surface area contributed by atoms with Crippen LogP contribution in [-0.2, 0) is 0 Å². The van der Waals surface area contributed by atoms with Gasteiger partial charge in [-0.05, 0) is 47.1 Å². The first-order chi connectivity index (χ1) is 9.65. The summed E-state index contributed by atoms with van der Waals surface area (Å²) >= 11 is 3.23. The van der Waals surface area contributed by atoms with Crippen LogP contribution in [0.1, 0.15) is 5.56 Å². The molecule has 0 aliphatic heterocycles. The minimum atomic E-state index is -0.0480. The molecule has 0 amide bonds. The van der Waals surface area contributed by atoms with Crippen molar-refractivity contribution in [2.24, 2.45) is 0 Å². The smallest absolute Gasteiger partial charge is 0.203 e. The molecule has 0 saturated carbocycles. The van der Waals surface area contributed by atoms with E-state index in [4.69, 9.17) is 4.74 Å². The SMILES string of the molecule is Cc1ccc(Oc2cccc3c(=O)c(Br)c[nH]c23)cc1. The van der Waals surface area contributed by atoms with Crippen molar-refractivity contribution in [1.29, 1.82) is 0 Å². The van der Waals surface area contributed by atoms with E-state index in [0.29, 0.717) is 21.1 Å². The minimum absolute atomic E-state index is 0.0480. The Morgan fingerprint density at radius 1 is 1.10 bits per heavy atom. The van der Waals surface area contributed by atoms with E-state index in [9.17, 15) is 4.79 Å². The number of aryl methyl sites for hydroxylation is 1. The average molecular weight is 330 g/mol. The van der Waals surface area contributed by atoms with Crippen molar-refractivity contribution in [3.05, 3.63) is 68.9 Å². The normalized spacial score (nSPS) is 10.7. The van der Waals surface area contributed by atoms with Crippen molar-refractivity contribution in [3.63, 3.8) is 0 Å². The van der Waals surface area contributed by atoms with Crippen LogP contribution >= 0.6 is 15.9 Å². The molecule has 1 aromatic heterocycles. The number of H-pyrrole nitrogens is 1. The minimum Gasteiger partial charge on any atom is -0.455 e. The first kappa shape index (κ1) is 12.9. The standard InChI is InChI=1S/C16H12BrNO2/c1-10-5-7-11(8-6-10)20-14-4-2-3-12-15(14)18-9-13(17)16(12)19/h2-9H,1H3,(H,18,19). The average Bonchev–Trinajstić information content (AvgIpc) is 2.46. The lowest BCUT2D eigenvalue weighted by Gasteiger charge is -2.09. The Morgan fingerprint density at radius 2 is 1.85 bits per heavy atom. The van der Waals surface area contributed by atoms with Crippen LogP contribution in [0.5, 0.6) is 11.5 Å². The Hall–Kier alpha value is -2.07. The van der Waals surface area contributed by atoms with Gasteiger partial charge in [-0.25, -0.2) is 0 Å². The number of pyridine rings is 1. The summed E-state index contributed by atoms with van der Waals surface area (Å²) in [5, 5.41) is 0.601.